The highest BCUT2D eigenvalue weighted by molar-refractivity contribution is 5.94. The van der Waals surface area contributed by atoms with E-state index in [9.17, 15) is 5.11 Å². The summed E-state index contributed by atoms with van der Waals surface area (Å²) in [6.07, 6.45) is 8.67. The zero-order valence-electron chi connectivity index (χ0n) is 15.6. The number of ether oxygens (including phenoxy) is 1. The summed E-state index contributed by atoms with van der Waals surface area (Å²) >= 11 is 0. The Morgan fingerprint density at radius 3 is 2.70 bits per heavy atom. The molecule has 0 saturated heterocycles. The first-order valence-electron chi connectivity index (χ1n) is 9.24. The number of rotatable bonds is 4. The van der Waals surface area contributed by atoms with E-state index >= 15 is 0 Å². The van der Waals surface area contributed by atoms with Gasteiger partial charge in [-0.2, -0.15) is 0 Å². The molecule has 0 aromatic heterocycles. The first-order valence-corrected chi connectivity index (χ1v) is 9.24. The molecule has 0 saturated carbocycles. The van der Waals surface area contributed by atoms with E-state index in [1.165, 1.54) is 11.3 Å². The minimum absolute atomic E-state index is 0.169. The predicted octanol–water partition coefficient (Wildman–Crippen LogP) is 5.49. The van der Waals surface area contributed by atoms with Gasteiger partial charge in [-0.3, -0.25) is 0 Å². The Labute approximate surface area is 159 Å². The molecule has 3 aromatic carbocycles. The molecule has 1 aliphatic rings. The zero-order valence-corrected chi connectivity index (χ0v) is 15.6. The van der Waals surface area contributed by atoms with Gasteiger partial charge in [-0.05, 0) is 42.1 Å². The molecule has 1 aliphatic heterocycles. The van der Waals surface area contributed by atoms with Crippen molar-refractivity contribution in [3.63, 3.8) is 0 Å². The lowest BCUT2D eigenvalue weighted by Gasteiger charge is -2.30. The molecule has 1 unspecified atom stereocenters. The van der Waals surface area contributed by atoms with Crippen molar-refractivity contribution in [2.45, 2.75) is 13.0 Å². The van der Waals surface area contributed by atoms with Crippen LogP contribution in [0.4, 0.5) is 5.69 Å². The van der Waals surface area contributed by atoms with Crippen LogP contribution >= 0.6 is 0 Å². The first kappa shape index (κ1) is 17.2. The number of benzene rings is 3. The minimum atomic E-state index is 0.169. The van der Waals surface area contributed by atoms with Crippen LogP contribution in [0.5, 0.6) is 11.5 Å². The van der Waals surface area contributed by atoms with Gasteiger partial charge < -0.3 is 14.7 Å². The number of hydrogen-bond acceptors (Lipinski definition) is 3. The van der Waals surface area contributed by atoms with Crippen LogP contribution < -0.4 is 9.64 Å². The van der Waals surface area contributed by atoms with E-state index in [0.717, 1.165) is 22.1 Å². The zero-order chi connectivity index (χ0) is 18.8. The van der Waals surface area contributed by atoms with E-state index < -0.39 is 0 Å². The van der Waals surface area contributed by atoms with Crippen LogP contribution in [0.15, 0.2) is 66.7 Å². The fourth-order valence-electron chi connectivity index (χ4n) is 3.58. The average Bonchev–Trinajstić information content (AvgIpc) is 2.69. The summed E-state index contributed by atoms with van der Waals surface area (Å²) in [5.74, 6) is 1.22. The number of hydrogen-bond donors (Lipinski definition) is 1. The van der Waals surface area contributed by atoms with Gasteiger partial charge in [0.05, 0.1) is 12.6 Å². The summed E-state index contributed by atoms with van der Waals surface area (Å²) in [5.41, 5.74) is 3.46. The molecular formula is C24H23NO2. The fraction of sp³-hybridized carbons (Fsp3) is 0.167. The van der Waals surface area contributed by atoms with Gasteiger partial charge in [0, 0.05) is 23.7 Å². The molecule has 27 heavy (non-hydrogen) atoms. The minimum Gasteiger partial charge on any atom is -0.507 e. The Morgan fingerprint density at radius 2 is 1.89 bits per heavy atom. The van der Waals surface area contributed by atoms with E-state index in [-0.39, 0.29) is 6.04 Å². The maximum atomic E-state index is 10.1. The number of anilines is 1. The third-order valence-corrected chi connectivity index (χ3v) is 5.02. The number of phenolic OH excluding ortho intramolecular Hbond substituents is 1. The normalized spacial score (nSPS) is 16.1. The fourth-order valence-corrected chi connectivity index (χ4v) is 3.58. The Bertz CT molecular complexity index is 1040. The van der Waals surface area contributed by atoms with Gasteiger partial charge in [-0.25, -0.2) is 0 Å². The number of phenols is 1. The van der Waals surface area contributed by atoms with Crippen molar-refractivity contribution in [2.75, 3.05) is 18.6 Å². The van der Waals surface area contributed by atoms with E-state index in [2.05, 4.69) is 48.4 Å². The van der Waals surface area contributed by atoms with Crippen molar-refractivity contribution < 1.29 is 9.84 Å². The van der Waals surface area contributed by atoms with Gasteiger partial charge in [0.2, 0.25) is 0 Å². The molecule has 136 valence electrons. The van der Waals surface area contributed by atoms with Crippen LogP contribution in [0, 0.1) is 0 Å². The van der Waals surface area contributed by atoms with Crippen LogP contribution in [0.1, 0.15) is 18.1 Å². The molecule has 3 heteroatoms. The van der Waals surface area contributed by atoms with Gasteiger partial charge in [0.15, 0.2) is 0 Å². The predicted molar refractivity (Wildman–Crippen MR) is 113 cm³/mol. The monoisotopic (exact) mass is 357 g/mol. The number of nitrogens with zero attached hydrogens (tertiary/aromatic N) is 1. The molecule has 3 nitrogen and oxygen atoms in total. The third kappa shape index (κ3) is 3.28. The molecule has 0 radical (unpaired) electrons. The van der Waals surface area contributed by atoms with Gasteiger partial charge in [0.25, 0.3) is 0 Å². The molecule has 4 rings (SSSR count). The summed E-state index contributed by atoms with van der Waals surface area (Å²) in [6, 6.07) is 18.0. The van der Waals surface area contributed by atoms with Gasteiger partial charge in [-0.1, -0.05) is 54.6 Å². The first-order chi connectivity index (χ1) is 13.2. The second-order valence-corrected chi connectivity index (χ2v) is 6.69. The smallest absolute Gasteiger partial charge is 0.123 e. The molecule has 0 amide bonds. The highest BCUT2D eigenvalue weighted by atomic mass is 16.5. The second-order valence-electron chi connectivity index (χ2n) is 6.69. The molecular weight excluding hydrogens is 334 g/mol. The lowest BCUT2D eigenvalue weighted by molar-refractivity contribution is 0.340. The summed E-state index contributed by atoms with van der Waals surface area (Å²) in [5, 5.41) is 12.0. The van der Waals surface area contributed by atoms with Crippen LogP contribution in [0.2, 0.25) is 0 Å². The van der Waals surface area contributed by atoms with Crippen molar-refractivity contribution in [2.24, 2.45) is 0 Å². The van der Waals surface area contributed by atoms with Crippen molar-refractivity contribution in [1.82, 2.24) is 0 Å². The summed E-state index contributed by atoms with van der Waals surface area (Å²) < 4.78 is 5.60. The van der Waals surface area contributed by atoms with E-state index in [0.29, 0.717) is 12.4 Å². The maximum Gasteiger partial charge on any atom is 0.123 e. The molecule has 0 fully saturated rings. The number of fused-ring (bicyclic) bond motifs is 2. The maximum absolute atomic E-state index is 10.1. The van der Waals surface area contributed by atoms with Crippen molar-refractivity contribution in [1.29, 1.82) is 0 Å². The Morgan fingerprint density at radius 1 is 1.07 bits per heavy atom. The lowest BCUT2D eigenvalue weighted by Crippen LogP contribution is -2.30. The largest absolute Gasteiger partial charge is 0.507 e. The van der Waals surface area contributed by atoms with Gasteiger partial charge >= 0.3 is 0 Å². The van der Waals surface area contributed by atoms with E-state index in [1.807, 2.05) is 43.3 Å². The summed E-state index contributed by atoms with van der Waals surface area (Å²) in [7, 11) is 2.10. The van der Waals surface area contributed by atoms with Gasteiger partial charge in [-0.15, -0.1) is 0 Å². The molecule has 0 aliphatic carbocycles. The topological polar surface area (TPSA) is 32.7 Å². The molecule has 3 aromatic rings. The molecule has 1 atom stereocenters. The Hall–Kier alpha value is -3.20. The molecule has 1 N–H and O–H groups in total. The van der Waals surface area contributed by atoms with E-state index in [4.69, 9.17) is 4.74 Å². The number of likely N-dealkylation sites (N-methyl/N-ethyl adjacent to an activating group) is 1. The highest BCUT2D eigenvalue weighted by Crippen LogP contribution is 2.32. The molecule has 0 bridgehead atoms. The highest BCUT2D eigenvalue weighted by Gasteiger charge is 2.17. The molecule has 0 spiro atoms. The lowest BCUT2D eigenvalue weighted by atomic mass is 10.00. The van der Waals surface area contributed by atoms with E-state index in [1.54, 1.807) is 6.07 Å². The summed E-state index contributed by atoms with van der Waals surface area (Å²) in [4.78, 5) is 2.25. The van der Waals surface area contributed by atoms with Crippen molar-refractivity contribution in [3.8, 4) is 11.5 Å². The standard InChI is InChI=1S/C24H23NO2/c1-3-27-20-13-14-23-18(16-20)9-12-19(25(23)2)11-8-17-10-15-24(26)22-7-5-4-6-21(17)22/h4-16,19,26H,3H2,1-2H3/b11-8+. The molecule has 1 heterocycles. The Kier molecular flexibility index (Phi) is 4.59. The average molecular weight is 357 g/mol. The van der Waals surface area contributed by atoms with Gasteiger partial charge in [0.1, 0.15) is 11.5 Å². The van der Waals surface area contributed by atoms with Crippen LogP contribution in [0.25, 0.3) is 22.9 Å². The second kappa shape index (κ2) is 7.20. The quantitative estimate of drug-likeness (QED) is 0.670. The Balaban J connectivity index is 1.63. The van der Waals surface area contributed by atoms with Crippen molar-refractivity contribution >= 4 is 28.6 Å². The van der Waals surface area contributed by atoms with Crippen LogP contribution in [0.3, 0.4) is 0 Å². The van der Waals surface area contributed by atoms with Crippen LogP contribution in [-0.4, -0.2) is 24.8 Å². The van der Waals surface area contributed by atoms with Crippen LogP contribution in [-0.2, 0) is 0 Å². The third-order valence-electron chi connectivity index (χ3n) is 5.02. The summed E-state index contributed by atoms with van der Waals surface area (Å²) in [6.45, 7) is 2.67. The SMILES string of the molecule is CCOc1ccc2c(c1)C=CC(/C=C/c1ccc(O)c3ccccc13)N2C. The number of aromatic hydroxyl groups is 1. The van der Waals surface area contributed by atoms with Crippen molar-refractivity contribution in [3.05, 3.63) is 77.9 Å².